The Hall–Kier alpha value is -1.56. The molecule has 0 saturated carbocycles. The molecule has 0 bridgehead atoms. The van der Waals surface area contributed by atoms with Crippen LogP contribution in [0.5, 0.6) is 0 Å². The van der Waals surface area contributed by atoms with Crippen molar-refractivity contribution in [2.45, 2.75) is 37.3 Å². The first-order chi connectivity index (χ1) is 9.72. The quantitative estimate of drug-likeness (QED) is 0.827. The van der Waals surface area contributed by atoms with E-state index in [1.54, 1.807) is 18.3 Å². The fraction of sp³-hybridized carbons (Fsp3) is 0.500. The molecule has 20 heavy (non-hydrogen) atoms. The molecule has 2 rings (SSSR count). The van der Waals surface area contributed by atoms with Gasteiger partial charge < -0.3 is 10.6 Å². The van der Waals surface area contributed by atoms with Crippen LogP contribution < -0.4 is 10.6 Å². The molecular formula is C14H19N3O2S. The molecule has 0 spiro atoms. The van der Waals surface area contributed by atoms with Crippen LogP contribution in [-0.4, -0.2) is 35.1 Å². The number of hydrogen-bond acceptors (Lipinski definition) is 4. The van der Waals surface area contributed by atoms with Crippen molar-refractivity contribution in [3.63, 3.8) is 0 Å². The number of nitrogens with zero attached hydrogens (tertiary/aromatic N) is 1. The minimum Gasteiger partial charge on any atom is -0.354 e. The van der Waals surface area contributed by atoms with E-state index in [1.165, 1.54) is 11.8 Å². The van der Waals surface area contributed by atoms with Crippen LogP contribution in [0.2, 0.25) is 0 Å². The molecule has 2 amide bonds. The van der Waals surface area contributed by atoms with E-state index in [0.717, 1.165) is 18.6 Å². The second kappa shape index (κ2) is 7.28. The van der Waals surface area contributed by atoms with Gasteiger partial charge >= 0.3 is 0 Å². The average Bonchev–Trinajstić information content (AvgIpc) is 2.65. The Balaban J connectivity index is 2.09. The van der Waals surface area contributed by atoms with Crippen molar-refractivity contribution in [1.82, 2.24) is 15.6 Å². The second-order valence-electron chi connectivity index (χ2n) is 4.60. The van der Waals surface area contributed by atoms with E-state index in [-0.39, 0.29) is 11.8 Å². The normalized spacial score (nSPS) is 19.1. The van der Waals surface area contributed by atoms with E-state index in [2.05, 4.69) is 15.6 Å². The lowest BCUT2D eigenvalue weighted by Gasteiger charge is -2.16. The fourth-order valence-corrected chi connectivity index (χ4v) is 2.85. The van der Waals surface area contributed by atoms with E-state index < -0.39 is 6.04 Å². The number of rotatable bonds is 4. The zero-order valence-electron chi connectivity index (χ0n) is 11.5. The van der Waals surface area contributed by atoms with Crippen molar-refractivity contribution in [2.24, 2.45) is 0 Å². The number of pyridine rings is 1. The molecule has 1 saturated heterocycles. The molecule has 0 radical (unpaired) electrons. The van der Waals surface area contributed by atoms with Crippen molar-refractivity contribution in [2.75, 3.05) is 12.3 Å². The third-order valence-electron chi connectivity index (χ3n) is 3.14. The Bertz CT molecular complexity index is 493. The van der Waals surface area contributed by atoms with Crippen LogP contribution >= 0.6 is 11.8 Å². The molecule has 2 N–H and O–H groups in total. The van der Waals surface area contributed by atoms with Gasteiger partial charge in [0.15, 0.2) is 0 Å². The van der Waals surface area contributed by atoms with Crippen molar-refractivity contribution < 1.29 is 9.59 Å². The van der Waals surface area contributed by atoms with Crippen molar-refractivity contribution >= 4 is 23.6 Å². The van der Waals surface area contributed by atoms with Crippen LogP contribution in [0.15, 0.2) is 23.4 Å². The second-order valence-corrected chi connectivity index (χ2v) is 5.85. The van der Waals surface area contributed by atoms with Crippen LogP contribution in [-0.2, 0) is 4.79 Å². The van der Waals surface area contributed by atoms with Gasteiger partial charge in [0.25, 0.3) is 5.91 Å². The Morgan fingerprint density at radius 3 is 3.20 bits per heavy atom. The molecule has 108 valence electrons. The number of carbonyl (C=O) groups excluding carboxylic acids is 2. The summed E-state index contributed by atoms with van der Waals surface area (Å²) in [5, 5.41) is 6.35. The molecule has 1 aromatic heterocycles. The highest BCUT2D eigenvalue weighted by atomic mass is 32.2. The third kappa shape index (κ3) is 3.72. The zero-order valence-corrected chi connectivity index (χ0v) is 12.3. The summed E-state index contributed by atoms with van der Waals surface area (Å²) in [6.07, 6.45) is 4.26. The lowest BCUT2D eigenvalue weighted by Crippen LogP contribution is -2.45. The minimum absolute atomic E-state index is 0.0931. The topological polar surface area (TPSA) is 71.1 Å². The smallest absolute Gasteiger partial charge is 0.254 e. The molecule has 0 aromatic carbocycles. The van der Waals surface area contributed by atoms with Gasteiger partial charge in [0.05, 0.1) is 5.56 Å². The number of aromatic nitrogens is 1. The van der Waals surface area contributed by atoms with Gasteiger partial charge in [0, 0.05) is 12.7 Å². The molecular weight excluding hydrogens is 274 g/mol. The number of amides is 2. The van der Waals surface area contributed by atoms with Crippen LogP contribution in [0.1, 0.15) is 36.5 Å². The zero-order chi connectivity index (χ0) is 14.4. The monoisotopic (exact) mass is 293 g/mol. The maximum Gasteiger partial charge on any atom is 0.254 e. The number of thioether (sulfide) groups is 1. The summed E-state index contributed by atoms with van der Waals surface area (Å²) in [5.41, 5.74) is 0.538. The molecule has 1 aliphatic rings. The van der Waals surface area contributed by atoms with Gasteiger partial charge in [-0.15, -0.1) is 11.8 Å². The predicted octanol–water partition coefficient (Wildman–Crippen LogP) is 1.59. The van der Waals surface area contributed by atoms with Gasteiger partial charge in [-0.05, 0) is 37.1 Å². The first-order valence-electron chi connectivity index (χ1n) is 6.88. The first-order valence-corrected chi connectivity index (χ1v) is 7.87. The lowest BCUT2D eigenvalue weighted by atomic mass is 10.1. The van der Waals surface area contributed by atoms with Crippen molar-refractivity contribution in [3.8, 4) is 0 Å². The largest absolute Gasteiger partial charge is 0.354 e. The molecule has 1 aromatic rings. The highest BCUT2D eigenvalue weighted by Crippen LogP contribution is 2.19. The molecule has 1 atom stereocenters. The Morgan fingerprint density at radius 1 is 1.55 bits per heavy atom. The number of hydrogen-bond donors (Lipinski definition) is 2. The van der Waals surface area contributed by atoms with E-state index in [4.69, 9.17) is 0 Å². The van der Waals surface area contributed by atoms with Crippen molar-refractivity contribution in [3.05, 3.63) is 23.9 Å². The molecule has 0 unspecified atom stereocenters. The van der Waals surface area contributed by atoms with Gasteiger partial charge in [-0.25, -0.2) is 4.98 Å². The SMILES string of the molecule is CCSc1ncccc1C(=O)N[C@H]1CCCCNC1=O. The van der Waals surface area contributed by atoms with Crippen LogP contribution in [0, 0.1) is 0 Å². The number of nitrogens with one attached hydrogen (secondary N) is 2. The first kappa shape index (κ1) is 14.8. The standard InChI is InChI=1S/C14H19N3O2S/c1-2-20-14-10(6-5-9-16-14)12(18)17-11-7-3-4-8-15-13(11)19/h5-6,9,11H,2-4,7-8H2,1H3,(H,15,19)(H,17,18)/t11-/m0/s1. The lowest BCUT2D eigenvalue weighted by molar-refractivity contribution is -0.122. The van der Waals surface area contributed by atoms with E-state index in [9.17, 15) is 9.59 Å². The van der Waals surface area contributed by atoms with Crippen molar-refractivity contribution in [1.29, 1.82) is 0 Å². The summed E-state index contributed by atoms with van der Waals surface area (Å²) >= 11 is 1.52. The van der Waals surface area contributed by atoms with E-state index in [0.29, 0.717) is 23.6 Å². The van der Waals surface area contributed by atoms with E-state index in [1.807, 2.05) is 6.92 Å². The summed E-state index contributed by atoms with van der Waals surface area (Å²) in [6, 6.07) is 3.04. The molecule has 5 nitrogen and oxygen atoms in total. The molecule has 0 aliphatic carbocycles. The minimum atomic E-state index is -0.440. The van der Waals surface area contributed by atoms with E-state index >= 15 is 0 Å². The maximum atomic E-state index is 12.3. The average molecular weight is 293 g/mol. The maximum absolute atomic E-state index is 12.3. The summed E-state index contributed by atoms with van der Waals surface area (Å²) in [4.78, 5) is 28.4. The van der Waals surface area contributed by atoms with Gasteiger partial charge in [0.1, 0.15) is 11.1 Å². The molecule has 6 heteroatoms. The molecule has 2 heterocycles. The Labute approximate surface area is 122 Å². The third-order valence-corrected chi connectivity index (χ3v) is 4.02. The number of carbonyl (C=O) groups is 2. The highest BCUT2D eigenvalue weighted by Gasteiger charge is 2.24. The summed E-state index contributed by atoms with van der Waals surface area (Å²) in [5.74, 6) is 0.529. The van der Waals surface area contributed by atoms with Gasteiger partial charge in [-0.1, -0.05) is 6.92 Å². The Morgan fingerprint density at radius 2 is 2.40 bits per heavy atom. The fourth-order valence-electron chi connectivity index (χ4n) is 2.13. The summed E-state index contributed by atoms with van der Waals surface area (Å²) < 4.78 is 0. The summed E-state index contributed by atoms with van der Waals surface area (Å²) in [7, 11) is 0. The summed E-state index contributed by atoms with van der Waals surface area (Å²) in [6.45, 7) is 2.70. The van der Waals surface area contributed by atoms with Gasteiger partial charge in [-0.3, -0.25) is 9.59 Å². The van der Waals surface area contributed by atoms with Gasteiger partial charge in [-0.2, -0.15) is 0 Å². The van der Waals surface area contributed by atoms with Gasteiger partial charge in [0.2, 0.25) is 5.91 Å². The Kier molecular flexibility index (Phi) is 5.40. The van der Waals surface area contributed by atoms with Crippen LogP contribution in [0.25, 0.3) is 0 Å². The molecule has 1 fully saturated rings. The van der Waals surface area contributed by atoms with Crippen LogP contribution in [0.3, 0.4) is 0 Å². The predicted molar refractivity (Wildman–Crippen MR) is 78.7 cm³/mol. The molecule has 1 aliphatic heterocycles. The van der Waals surface area contributed by atoms with Crippen LogP contribution in [0.4, 0.5) is 0 Å². The highest BCUT2D eigenvalue weighted by molar-refractivity contribution is 7.99.